The summed E-state index contributed by atoms with van der Waals surface area (Å²) in [7, 11) is 0. The Morgan fingerprint density at radius 1 is 1.30 bits per heavy atom. The number of carboxylic acids is 1. The van der Waals surface area contributed by atoms with Gasteiger partial charge in [0.1, 0.15) is 0 Å². The Bertz CT molecular complexity index is 768. The van der Waals surface area contributed by atoms with Gasteiger partial charge in [0.15, 0.2) is 0 Å². The van der Waals surface area contributed by atoms with Crippen LogP contribution in [0.15, 0.2) is 6.07 Å². The first-order valence-electron chi connectivity index (χ1n) is 10.1. The molecule has 6 nitrogen and oxygen atoms in total. The van der Waals surface area contributed by atoms with E-state index in [0.717, 1.165) is 50.2 Å². The minimum absolute atomic E-state index is 0.0911. The molecule has 2 bridgehead atoms. The summed E-state index contributed by atoms with van der Waals surface area (Å²) in [6.07, 6.45) is 6.09. The van der Waals surface area contributed by atoms with Gasteiger partial charge in [-0.15, -0.1) is 11.3 Å². The van der Waals surface area contributed by atoms with Gasteiger partial charge in [-0.25, -0.2) is 0 Å². The van der Waals surface area contributed by atoms with Crippen molar-refractivity contribution < 1.29 is 19.4 Å². The Morgan fingerprint density at radius 2 is 2.11 bits per heavy atom. The van der Waals surface area contributed by atoms with E-state index >= 15 is 0 Å². The van der Waals surface area contributed by atoms with Gasteiger partial charge in [-0.05, 0) is 49.7 Å². The van der Waals surface area contributed by atoms with Gasteiger partial charge in [-0.2, -0.15) is 0 Å². The van der Waals surface area contributed by atoms with Crippen molar-refractivity contribution in [1.82, 2.24) is 9.80 Å². The summed E-state index contributed by atoms with van der Waals surface area (Å²) < 4.78 is 6.26. The third kappa shape index (κ3) is 3.00. The van der Waals surface area contributed by atoms with Crippen LogP contribution in [0, 0.1) is 5.92 Å². The molecule has 1 amide bonds. The van der Waals surface area contributed by atoms with E-state index in [4.69, 9.17) is 9.84 Å². The maximum absolute atomic E-state index is 13.1. The second-order valence-electron chi connectivity index (χ2n) is 8.50. The van der Waals surface area contributed by atoms with Crippen LogP contribution < -0.4 is 0 Å². The van der Waals surface area contributed by atoms with Crippen molar-refractivity contribution in [3.63, 3.8) is 0 Å². The number of hydrogen-bond donors (Lipinski definition) is 1. The molecule has 0 radical (unpaired) electrons. The number of carboxylic acid groups (broad SMARTS) is 1. The number of hydrogen-bond acceptors (Lipinski definition) is 5. The summed E-state index contributed by atoms with van der Waals surface area (Å²) in [6, 6.07) is 2.55. The minimum atomic E-state index is -0.778. The Morgan fingerprint density at radius 3 is 2.78 bits per heavy atom. The quantitative estimate of drug-likeness (QED) is 0.858. The molecule has 1 aromatic rings. The summed E-state index contributed by atoms with van der Waals surface area (Å²) in [5, 5.41) is 9.02. The Labute approximate surface area is 163 Å². The highest BCUT2D eigenvalue weighted by Gasteiger charge is 2.44. The lowest BCUT2D eigenvalue weighted by Gasteiger charge is -2.43. The van der Waals surface area contributed by atoms with E-state index in [2.05, 4.69) is 11.0 Å². The van der Waals surface area contributed by atoms with Crippen molar-refractivity contribution in [2.45, 2.75) is 50.2 Å². The molecule has 1 aliphatic carbocycles. The molecule has 146 valence electrons. The zero-order chi connectivity index (χ0) is 18.6. The van der Waals surface area contributed by atoms with Gasteiger partial charge in [0, 0.05) is 37.0 Å². The van der Waals surface area contributed by atoms with Crippen molar-refractivity contribution >= 4 is 23.2 Å². The van der Waals surface area contributed by atoms with Crippen LogP contribution in [0.3, 0.4) is 0 Å². The van der Waals surface area contributed by atoms with E-state index in [1.165, 1.54) is 23.3 Å². The van der Waals surface area contributed by atoms with E-state index in [1.807, 2.05) is 4.90 Å². The molecule has 1 saturated carbocycles. The Balaban J connectivity index is 1.36. The lowest BCUT2D eigenvalue weighted by Crippen LogP contribution is -2.47. The molecule has 0 unspecified atom stereocenters. The molecule has 4 heterocycles. The fourth-order valence-corrected chi connectivity index (χ4v) is 6.70. The number of aliphatic carboxylic acids is 1. The highest BCUT2D eigenvalue weighted by Crippen LogP contribution is 2.45. The van der Waals surface area contributed by atoms with Crippen molar-refractivity contribution in [2.24, 2.45) is 5.92 Å². The molecule has 1 spiro atoms. The highest BCUT2D eigenvalue weighted by molar-refractivity contribution is 7.14. The van der Waals surface area contributed by atoms with Crippen LogP contribution in [0.2, 0.25) is 0 Å². The number of amides is 1. The number of rotatable bonds is 3. The number of piperidine rings is 2. The summed E-state index contributed by atoms with van der Waals surface area (Å²) in [4.78, 5) is 30.3. The molecular formula is C20H26N2O4S. The molecule has 3 aliphatic heterocycles. The maximum atomic E-state index is 13.1. The molecular weight excluding hydrogens is 364 g/mol. The second kappa shape index (κ2) is 6.57. The van der Waals surface area contributed by atoms with E-state index in [1.54, 1.807) is 11.3 Å². The van der Waals surface area contributed by atoms with Crippen LogP contribution in [0.4, 0.5) is 0 Å². The Hall–Kier alpha value is -1.44. The van der Waals surface area contributed by atoms with Crippen LogP contribution in [0.1, 0.15) is 52.2 Å². The van der Waals surface area contributed by atoms with Gasteiger partial charge in [-0.3, -0.25) is 14.5 Å². The van der Waals surface area contributed by atoms with Gasteiger partial charge in [0.25, 0.3) is 5.91 Å². The molecule has 1 aromatic heterocycles. The fraction of sp³-hybridized carbons (Fsp3) is 0.700. The van der Waals surface area contributed by atoms with Gasteiger partial charge in [-0.1, -0.05) is 0 Å². The zero-order valence-corrected chi connectivity index (χ0v) is 16.3. The third-order valence-electron chi connectivity index (χ3n) is 6.91. The zero-order valence-electron chi connectivity index (χ0n) is 15.5. The smallest absolute Gasteiger partial charge is 0.317 e. The lowest BCUT2D eigenvalue weighted by atomic mass is 9.82. The van der Waals surface area contributed by atoms with Crippen LogP contribution in [0.5, 0.6) is 0 Å². The van der Waals surface area contributed by atoms with E-state index < -0.39 is 5.97 Å². The first kappa shape index (κ1) is 17.6. The molecule has 1 N–H and O–H groups in total. The molecule has 7 heteroatoms. The number of fused-ring (bicyclic) bond motifs is 4. The van der Waals surface area contributed by atoms with Gasteiger partial charge in [0.2, 0.25) is 0 Å². The minimum Gasteiger partial charge on any atom is -0.480 e. The first-order valence-corrected chi connectivity index (χ1v) is 10.9. The number of carbonyl (C=O) groups is 2. The number of carbonyl (C=O) groups excluding carboxylic acids is 1. The molecule has 2 saturated heterocycles. The topological polar surface area (TPSA) is 70.1 Å². The summed E-state index contributed by atoms with van der Waals surface area (Å²) in [5.41, 5.74) is 0.864. The van der Waals surface area contributed by atoms with Crippen molar-refractivity contribution in [3.05, 3.63) is 21.4 Å². The van der Waals surface area contributed by atoms with E-state index in [0.29, 0.717) is 18.6 Å². The van der Waals surface area contributed by atoms with Crippen molar-refractivity contribution in [3.8, 4) is 0 Å². The summed E-state index contributed by atoms with van der Waals surface area (Å²) in [6.45, 7) is 3.15. The molecule has 3 fully saturated rings. The van der Waals surface area contributed by atoms with Gasteiger partial charge >= 0.3 is 5.97 Å². The normalized spacial score (nSPS) is 29.3. The van der Waals surface area contributed by atoms with Crippen molar-refractivity contribution in [1.29, 1.82) is 0 Å². The Kier molecular flexibility index (Phi) is 4.29. The van der Waals surface area contributed by atoms with Crippen LogP contribution >= 0.6 is 11.3 Å². The van der Waals surface area contributed by atoms with Crippen LogP contribution in [-0.4, -0.2) is 65.6 Å². The standard InChI is InChI=1S/C20H26N2O4S/c23-18(24)12-21-6-4-20(5-7-21)15-10-17(27-16(15)3-8-26-20)19(25)22-11-13-1-2-14(22)9-13/h10,13-14H,1-9,11-12H2,(H,23,24)/t13-,14-/m0/s1. The van der Waals surface area contributed by atoms with Gasteiger partial charge in [0.05, 0.1) is 23.6 Å². The number of likely N-dealkylation sites (tertiary alicyclic amines) is 2. The average molecular weight is 391 g/mol. The fourth-order valence-electron chi connectivity index (χ4n) is 5.51. The molecule has 5 rings (SSSR count). The molecule has 27 heavy (non-hydrogen) atoms. The monoisotopic (exact) mass is 390 g/mol. The molecule has 4 aliphatic rings. The molecule has 2 atom stereocenters. The lowest BCUT2D eigenvalue weighted by molar-refractivity contribution is -0.141. The predicted octanol–water partition coefficient (Wildman–Crippen LogP) is 2.32. The van der Waals surface area contributed by atoms with Gasteiger partial charge < -0.3 is 14.7 Å². The third-order valence-corrected chi connectivity index (χ3v) is 8.09. The highest BCUT2D eigenvalue weighted by atomic mass is 32.1. The van der Waals surface area contributed by atoms with Crippen molar-refractivity contribution in [2.75, 3.05) is 32.8 Å². The SMILES string of the molecule is O=C(O)CN1CCC2(CC1)OCCc1sc(C(=O)N3C[C@H]4CC[C@H]3C4)cc12. The summed E-state index contributed by atoms with van der Waals surface area (Å²) in [5.74, 6) is 0.140. The number of ether oxygens (including phenoxy) is 1. The maximum Gasteiger partial charge on any atom is 0.317 e. The van der Waals surface area contributed by atoms with Crippen LogP contribution in [-0.2, 0) is 21.6 Å². The van der Waals surface area contributed by atoms with E-state index in [9.17, 15) is 9.59 Å². The number of nitrogens with zero attached hydrogens (tertiary/aromatic N) is 2. The predicted molar refractivity (Wildman–Crippen MR) is 101 cm³/mol. The average Bonchev–Trinajstić information content (AvgIpc) is 3.38. The van der Waals surface area contributed by atoms with Crippen LogP contribution in [0.25, 0.3) is 0 Å². The molecule has 0 aromatic carbocycles. The van der Waals surface area contributed by atoms with E-state index in [-0.39, 0.29) is 18.1 Å². The second-order valence-corrected chi connectivity index (χ2v) is 9.64. The first-order chi connectivity index (χ1) is 13.0. The largest absolute Gasteiger partial charge is 0.480 e. The number of thiophene rings is 1. The summed E-state index contributed by atoms with van der Waals surface area (Å²) >= 11 is 1.66.